The molecule has 0 bridgehead atoms. The van der Waals surface area contributed by atoms with Crippen molar-refractivity contribution < 1.29 is 9.53 Å². The molecule has 0 spiro atoms. The zero-order valence-electron chi connectivity index (χ0n) is 19.6. The van der Waals surface area contributed by atoms with E-state index in [1.165, 1.54) is 12.8 Å². The lowest BCUT2D eigenvalue weighted by Gasteiger charge is -2.41. The number of aromatic amines is 1. The molecule has 1 aromatic carbocycles. The summed E-state index contributed by atoms with van der Waals surface area (Å²) < 4.78 is 6.34. The SMILES string of the molecule is C=Nc1[nH]ccc1/C(=C\C)c1cc(Cl)cc2c1OC(C(=O)N1CCN(C3CCNCC3)CC1)C2. The number of piperidine rings is 1. The number of piperazine rings is 1. The van der Waals surface area contributed by atoms with Gasteiger partial charge < -0.3 is 19.9 Å². The number of aromatic nitrogens is 1. The maximum Gasteiger partial charge on any atom is 0.264 e. The minimum atomic E-state index is -0.515. The first-order valence-corrected chi connectivity index (χ1v) is 12.5. The van der Waals surface area contributed by atoms with Gasteiger partial charge in [-0.15, -0.1) is 0 Å². The standard InChI is InChI=1S/C26H32ClN5O2/c1-3-20(21-6-9-30-25(21)28-2)22-16-18(27)14-17-15-23(34-24(17)22)26(33)32-12-10-31(11-13-32)19-4-7-29-8-5-19/h3,6,9,14,16,19,23,29-30H,2,4-5,7-8,10-13,15H2,1H3/b20-3+. The molecule has 2 N–H and O–H groups in total. The van der Waals surface area contributed by atoms with Crippen LogP contribution in [0.25, 0.3) is 5.57 Å². The van der Waals surface area contributed by atoms with Crippen LogP contribution in [-0.2, 0) is 11.2 Å². The minimum Gasteiger partial charge on any atom is -0.479 e. The van der Waals surface area contributed by atoms with E-state index in [9.17, 15) is 4.79 Å². The number of carbonyl (C=O) groups is 1. The molecule has 4 heterocycles. The Morgan fingerprint density at radius 3 is 2.68 bits per heavy atom. The van der Waals surface area contributed by atoms with E-state index in [0.29, 0.717) is 23.3 Å². The van der Waals surface area contributed by atoms with E-state index in [-0.39, 0.29) is 5.91 Å². The summed E-state index contributed by atoms with van der Waals surface area (Å²) in [6.07, 6.45) is 6.25. The number of ether oxygens (including phenoxy) is 1. The van der Waals surface area contributed by atoms with Gasteiger partial charge in [0, 0.05) is 66.6 Å². The number of allylic oxidation sites excluding steroid dienone is 1. The van der Waals surface area contributed by atoms with E-state index in [2.05, 4.69) is 26.9 Å². The second kappa shape index (κ2) is 9.94. The highest BCUT2D eigenvalue weighted by atomic mass is 35.5. The van der Waals surface area contributed by atoms with Gasteiger partial charge in [-0.25, -0.2) is 4.99 Å². The molecular formula is C26H32ClN5O2. The first-order valence-electron chi connectivity index (χ1n) is 12.1. The predicted molar refractivity (Wildman–Crippen MR) is 136 cm³/mol. The smallest absolute Gasteiger partial charge is 0.264 e. The van der Waals surface area contributed by atoms with Gasteiger partial charge in [-0.3, -0.25) is 9.69 Å². The maximum absolute atomic E-state index is 13.4. The highest BCUT2D eigenvalue weighted by Crippen LogP contribution is 2.42. The molecular weight excluding hydrogens is 450 g/mol. The summed E-state index contributed by atoms with van der Waals surface area (Å²) in [7, 11) is 0. The van der Waals surface area contributed by atoms with Crippen molar-refractivity contribution in [2.45, 2.75) is 38.3 Å². The summed E-state index contributed by atoms with van der Waals surface area (Å²) >= 11 is 6.50. The zero-order chi connectivity index (χ0) is 23.7. The molecule has 3 aliphatic rings. The predicted octanol–water partition coefficient (Wildman–Crippen LogP) is 3.65. The van der Waals surface area contributed by atoms with Gasteiger partial charge in [-0.1, -0.05) is 17.7 Å². The molecule has 0 saturated carbocycles. The lowest BCUT2D eigenvalue weighted by atomic mass is 9.96. The Kier molecular flexibility index (Phi) is 6.77. The minimum absolute atomic E-state index is 0.0698. The first kappa shape index (κ1) is 23.1. The molecule has 0 aliphatic carbocycles. The van der Waals surface area contributed by atoms with E-state index in [4.69, 9.17) is 16.3 Å². The lowest BCUT2D eigenvalue weighted by molar-refractivity contribution is -0.140. The number of amides is 1. The van der Waals surface area contributed by atoms with Crippen LogP contribution < -0.4 is 10.1 Å². The van der Waals surface area contributed by atoms with Crippen LogP contribution in [0.15, 0.2) is 35.5 Å². The molecule has 2 saturated heterocycles. The molecule has 3 aliphatic heterocycles. The highest BCUT2D eigenvalue weighted by Gasteiger charge is 2.36. The van der Waals surface area contributed by atoms with Gasteiger partial charge in [-0.05, 0) is 63.3 Å². The summed E-state index contributed by atoms with van der Waals surface area (Å²) in [6, 6.07) is 6.42. The van der Waals surface area contributed by atoms with Gasteiger partial charge in [-0.2, -0.15) is 0 Å². The van der Waals surface area contributed by atoms with Crippen molar-refractivity contribution in [1.29, 1.82) is 0 Å². The number of H-pyrrole nitrogens is 1. The van der Waals surface area contributed by atoms with Crippen LogP contribution in [0.3, 0.4) is 0 Å². The fourth-order valence-electron chi connectivity index (χ4n) is 5.51. The first-order chi connectivity index (χ1) is 16.6. The average Bonchev–Trinajstić information content (AvgIpc) is 3.52. The van der Waals surface area contributed by atoms with Crippen molar-refractivity contribution in [2.24, 2.45) is 4.99 Å². The highest BCUT2D eigenvalue weighted by molar-refractivity contribution is 6.31. The van der Waals surface area contributed by atoms with E-state index < -0.39 is 6.10 Å². The topological polar surface area (TPSA) is 73.0 Å². The molecule has 1 unspecified atom stereocenters. The fourth-order valence-corrected chi connectivity index (χ4v) is 5.75. The number of halogens is 1. The van der Waals surface area contributed by atoms with Gasteiger partial charge >= 0.3 is 0 Å². The number of rotatable bonds is 5. The van der Waals surface area contributed by atoms with Crippen LogP contribution in [0.2, 0.25) is 5.02 Å². The average molecular weight is 482 g/mol. The van der Waals surface area contributed by atoms with Crippen molar-refractivity contribution in [3.8, 4) is 5.75 Å². The van der Waals surface area contributed by atoms with Crippen molar-refractivity contribution >= 4 is 35.6 Å². The molecule has 2 aromatic rings. The zero-order valence-corrected chi connectivity index (χ0v) is 20.4. The molecule has 34 heavy (non-hydrogen) atoms. The number of nitrogens with one attached hydrogen (secondary N) is 2. The van der Waals surface area contributed by atoms with Crippen LogP contribution in [0.4, 0.5) is 5.82 Å². The van der Waals surface area contributed by atoms with Crippen LogP contribution in [0, 0.1) is 0 Å². The van der Waals surface area contributed by atoms with Crippen LogP contribution in [0.1, 0.15) is 36.5 Å². The quantitative estimate of drug-likeness (QED) is 0.639. The third-order valence-electron chi connectivity index (χ3n) is 7.27. The van der Waals surface area contributed by atoms with Gasteiger partial charge in [0.1, 0.15) is 11.6 Å². The Hall–Kier alpha value is -2.61. The van der Waals surface area contributed by atoms with E-state index in [1.54, 1.807) is 0 Å². The summed E-state index contributed by atoms with van der Waals surface area (Å²) in [5.74, 6) is 1.50. The van der Waals surface area contributed by atoms with Gasteiger partial charge in [0.25, 0.3) is 5.91 Å². The van der Waals surface area contributed by atoms with E-state index in [1.807, 2.05) is 42.3 Å². The molecule has 0 radical (unpaired) electrons. The molecule has 7 nitrogen and oxygen atoms in total. The van der Waals surface area contributed by atoms with Crippen LogP contribution in [0.5, 0.6) is 5.75 Å². The van der Waals surface area contributed by atoms with Crippen molar-refractivity contribution in [3.05, 3.63) is 52.2 Å². The molecule has 180 valence electrons. The van der Waals surface area contributed by atoms with Crippen molar-refractivity contribution in [3.63, 3.8) is 0 Å². The van der Waals surface area contributed by atoms with Gasteiger partial charge in [0.05, 0.1) is 0 Å². The number of nitrogens with zero attached hydrogens (tertiary/aromatic N) is 3. The monoisotopic (exact) mass is 481 g/mol. The normalized spacial score (nSPS) is 21.9. The number of benzene rings is 1. The van der Waals surface area contributed by atoms with Crippen molar-refractivity contribution in [1.82, 2.24) is 20.1 Å². The lowest BCUT2D eigenvalue weighted by Crippen LogP contribution is -2.55. The molecule has 1 amide bonds. The number of aliphatic imine (C=N–C) groups is 1. The second-order valence-electron chi connectivity index (χ2n) is 9.20. The molecule has 1 aromatic heterocycles. The Bertz CT molecular complexity index is 1100. The summed E-state index contributed by atoms with van der Waals surface area (Å²) in [5.41, 5.74) is 3.72. The Morgan fingerprint density at radius 1 is 1.21 bits per heavy atom. The maximum atomic E-state index is 13.4. The summed E-state index contributed by atoms with van der Waals surface area (Å²) in [5, 5.41) is 4.06. The second-order valence-corrected chi connectivity index (χ2v) is 9.63. The van der Waals surface area contributed by atoms with E-state index in [0.717, 1.165) is 67.3 Å². The largest absolute Gasteiger partial charge is 0.479 e. The van der Waals surface area contributed by atoms with Gasteiger partial charge in [0.15, 0.2) is 6.10 Å². The van der Waals surface area contributed by atoms with Crippen LogP contribution >= 0.6 is 11.6 Å². The van der Waals surface area contributed by atoms with E-state index >= 15 is 0 Å². The Labute approximate surface area is 205 Å². The Morgan fingerprint density at radius 2 is 1.97 bits per heavy atom. The number of hydrogen-bond acceptors (Lipinski definition) is 5. The summed E-state index contributed by atoms with van der Waals surface area (Å²) in [4.78, 5) is 25.1. The number of hydrogen-bond donors (Lipinski definition) is 2. The summed E-state index contributed by atoms with van der Waals surface area (Å²) in [6.45, 7) is 11.2. The third-order valence-corrected chi connectivity index (χ3v) is 7.49. The number of carbonyl (C=O) groups excluding carboxylic acids is 1. The number of fused-ring (bicyclic) bond motifs is 1. The molecule has 8 heteroatoms. The van der Waals surface area contributed by atoms with Crippen molar-refractivity contribution in [2.75, 3.05) is 39.3 Å². The molecule has 1 atom stereocenters. The molecule has 5 rings (SSSR count). The Balaban J connectivity index is 1.31. The fraction of sp³-hybridized carbons (Fsp3) is 0.462. The third kappa shape index (κ3) is 4.40. The van der Waals surface area contributed by atoms with Gasteiger partial charge in [0.2, 0.25) is 0 Å². The van der Waals surface area contributed by atoms with Crippen LogP contribution in [-0.4, -0.2) is 78.8 Å². The molecule has 2 fully saturated rings.